The van der Waals surface area contributed by atoms with Crippen LogP contribution in [0.25, 0.3) is 0 Å². The van der Waals surface area contributed by atoms with E-state index in [-0.39, 0.29) is 5.84 Å². The Morgan fingerprint density at radius 3 is 2.59 bits per heavy atom. The molecule has 86 valence electrons. The van der Waals surface area contributed by atoms with Gasteiger partial charge in [0.2, 0.25) is 0 Å². The number of amidine groups is 1. The van der Waals surface area contributed by atoms with Crippen LogP contribution >= 0.6 is 11.8 Å². The summed E-state index contributed by atoms with van der Waals surface area (Å²) < 4.78 is 0. The van der Waals surface area contributed by atoms with Crippen LogP contribution in [0.3, 0.4) is 0 Å². The number of aromatic nitrogens is 2. The van der Waals surface area contributed by atoms with Gasteiger partial charge in [-0.3, -0.25) is 4.98 Å². The highest BCUT2D eigenvalue weighted by Gasteiger charge is 2.01. The molecule has 0 saturated carbocycles. The van der Waals surface area contributed by atoms with Crippen molar-refractivity contribution in [2.24, 2.45) is 10.9 Å². The zero-order valence-corrected chi connectivity index (χ0v) is 9.63. The van der Waals surface area contributed by atoms with E-state index >= 15 is 0 Å². The number of nitrogens with zero attached hydrogens (tertiary/aromatic N) is 3. The van der Waals surface area contributed by atoms with Crippen molar-refractivity contribution in [3.05, 3.63) is 48.4 Å². The predicted octanol–water partition coefficient (Wildman–Crippen LogP) is 1.72. The molecule has 0 saturated heterocycles. The summed E-state index contributed by atoms with van der Waals surface area (Å²) in [5.74, 6) is 0.0537. The van der Waals surface area contributed by atoms with Crippen LogP contribution in [0.4, 0.5) is 0 Å². The van der Waals surface area contributed by atoms with Gasteiger partial charge in [0, 0.05) is 29.0 Å². The summed E-state index contributed by atoms with van der Waals surface area (Å²) in [6.07, 6.45) is 5.03. The fraction of sp³-hybridized carbons (Fsp3) is 0. The molecule has 0 aliphatic heterocycles. The van der Waals surface area contributed by atoms with E-state index in [2.05, 4.69) is 15.1 Å². The predicted molar refractivity (Wildman–Crippen MR) is 65.1 cm³/mol. The van der Waals surface area contributed by atoms with Crippen LogP contribution in [0.1, 0.15) is 5.56 Å². The molecule has 0 aliphatic carbocycles. The van der Waals surface area contributed by atoms with E-state index in [1.54, 1.807) is 24.7 Å². The highest BCUT2D eigenvalue weighted by atomic mass is 32.2. The SMILES string of the molecule is NC(=NO)c1ccc(Sc2ccncc2)nc1. The number of oxime groups is 1. The summed E-state index contributed by atoms with van der Waals surface area (Å²) in [7, 11) is 0. The summed E-state index contributed by atoms with van der Waals surface area (Å²) in [6, 6.07) is 7.39. The standard InChI is InChI=1S/C11H10N4OS/c12-11(15-16)8-1-2-10(14-7-8)17-9-3-5-13-6-4-9/h1-7,16H,(H2,12,15). The van der Waals surface area contributed by atoms with Gasteiger partial charge in [0.15, 0.2) is 5.84 Å². The Morgan fingerprint density at radius 1 is 1.24 bits per heavy atom. The van der Waals surface area contributed by atoms with Gasteiger partial charge in [0.25, 0.3) is 0 Å². The lowest BCUT2D eigenvalue weighted by Gasteiger charge is -2.01. The summed E-state index contributed by atoms with van der Waals surface area (Å²) in [6.45, 7) is 0. The second-order valence-electron chi connectivity index (χ2n) is 3.16. The first kappa shape index (κ1) is 11.4. The minimum absolute atomic E-state index is 0.0537. The van der Waals surface area contributed by atoms with Gasteiger partial charge >= 0.3 is 0 Å². The van der Waals surface area contributed by atoms with Gasteiger partial charge in [-0.25, -0.2) is 4.98 Å². The molecule has 17 heavy (non-hydrogen) atoms. The Hall–Kier alpha value is -2.08. The molecule has 6 heteroatoms. The zero-order chi connectivity index (χ0) is 12.1. The van der Waals surface area contributed by atoms with E-state index in [9.17, 15) is 0 Å². The molecule has 0 amide bonds. The molecule has 0 atom stereocenters. The van der Waals surface area contributed by atoms with Crippen molar-refractivity contribution in [1.82, 2.24) is 9.97 Å². The number of rotatable bonds is 3. The van der Waals surface area contributed by atoms with Gasteiger partial charge in [0.05, 0.1) is 0 Å². The van der Waals surface area contributed by atoms with Gasteiger partial charge in [0.1, 0.15) is 5.03 Å². The molecular formula is C11H10N4OS. The lowest BCUT2D eigenvalue weighted by Crippen LogP contribution is -2.13. The minimum atomic E-state index is 0.0537. The van der Waals surface area contributed by atoms with Crippen molar-refractivity contribution < 1.29 is 5.21 Å². The Kier molecular flexibility index (Phi) is 3.56. The van der Waals surface area contributed by atoms with Crippen molar-refractivity contribution >= 4 is 17.6 Å². The lowest BCUT2D eigenvalue weighted by molar-refractivity contribution is 0.318. The second-order valence-corrected chi connectivity index (χ2v) is 4.25. The molecule has 2 aromatic rings. The zero-order valence-electron chi connectivity index (χ0n) is 8.82. The van der Waals surface area contributed by atoms with Crippen molar-refractivity contribution in [2.75, 3.05) is 0 Å². The summed E-state index contributed by atoms with van der Waals surface area (Å²) in [5, 5.41) is 12.3. The minimum Gasteiger partial charge on any atom is -0.409 e. The number of pyridine rings is 2. The van der Waals surface area contributed by atoms with E-state index in [1.165, 1.54) is 11.8 Å². The molecule has 0 bridgehead atoms. The average molecular weight is 246 g/mol. The fourth-order valence-corrected chi connectivity index (χ4v) is 1.92. The Labute approximate surface area is 102 Å². The highest BCUT2D eigenvalue weighted by molar-refractivity contribution is 7.99. The van der Waals surface area contributed by atoms with E-state index in [4.69, 9.17) is 10.9 Å². The highest BCUT2D eigenvalue weighted by Crippen LogP contribution is 2.24. The molecule has 3 N–H and O–H groups in total. The van der Waals surface area contributed by atoms with Crippen LogP contribution in [0, 0.1) is 0 Å². The topological polar surface area (TPSA) is 84.4 Å². The monoisotopic (exact) mass is 246 g/mol. The third kappa shape index (κ3) is 2.94. The van der Waals surface area contributed by atoms with Crippen molar-refractivity contribution in [2.45, 2.75) is 9.92 Å². The first-order valence-corrected chi connectivity index (χ1v) is 5.63. The summed E-state index contributed by atoms with van der Waals surface area (Å²) in [4.78, 5) is 9.21. The van der Waals surface area contributed by atoms with Crippen LogP contribution in [-0.4, -0.2) is 21.0 Å². The smallest absolute Gasteiger partial charge is 0.171 e. The fourth-order valence-electron chi connectivity index (χ4n) is 1.18. The molecule has 0 spiro atoms. The Balaban J connectivity index is 2.14. The van der Waals surface area contributed by atoms with Gasteiger partial charge in [-0.2, -0.15) is 0 Å². The molecule has 0 radical (unpaired) electrons. The number of hydrogen-bond acceptors (Lipinski definition) is 5. The van der Waals surface area contributed by atoms with Crippen LogP contribution in [0.2, 0.25) is 0 Å². The maximum atomic E-state index is 8.52. The quantitative estimate of drug-likeness (QED) is 0.373. The maximum Gasteiger partial charge on any atom is 0.171 e. The summed E-state index contributed by atoms with van der Waals surface area (Å²) in [5.41, 5.74) is 6.03. The number of nitrogens with two attached hydrogens (primary N) is 1. The van der Waals surface area contributed by atoms with Crippen LogP contribution in [0.15, 0.2) is 57.9 Å². The third-order valence-corrected chi connectivity index (χ3v) is 2.97. The van der Waals surface area contributed by atoms with Gasteiger partial charge in [-0.05, 0) is 24.3 Å². The lowest BCUT2D eigenvalue weighted by atomic mass is 10.3. The Bertz CT molecular complexity index is 513. The molecule has 0 fully saturated rings. The molecule has 5 nitrogen and oxygen atoms in total. The van der Waals surface area contributed by atoms with E-state index in [1.807, 2.05) is 18.2 Å². The van der Waals surface area contributed by atoms with E-state index in [0.717, 1.165) is 9.92 Å². The molecule has 0 aliphatic rings. The third-order valence-electron chi connectivity index (χ3n) is 2.01. The molecule has 0 unspecified atom stereocenters. The molecule has 0 aromatic carbocycles. The van der Waals surface area contributed by atoms with Crippen LogP contribution < -0.4 is 5.73 Å². The first-order chi connectivity index (χ1) is 8.29. The largest absolute Gasteiger partial charge is 0.409 e. The van der Waals surface area contributed by atoms with E-state index in [0.29, 0.717) is 5.56 Å². The van der Waals surface area contributed by atoms with Gasteiger partial charge in [-0.15, -0.1) is 0 Å². The second kappa shape index (κ2) is 5.31. The van der Waals surface area contributed by atoms with E-state index < -0.39 is 0 Å². The normalized spacial score (nSPS) is 11.4. The van der Waals surface area contributed by atoms with Crippen molar-refractivity contribution in [1.29, 1.82) is 0 Å². The van der Waals surface area contributed by atoms with Crippen molar-refractivity contribution in [3.8, 4) is 0 Å². The summed E-state index contributed by atoms with van der Waals surface area (Å²) >= 11 is 1.52. The van der Waals surface area contributed by atoms with Gasteiger partial charge in [-0.1, -0.05) is 16.9 Å². The van der Waals surface area contributed by atoms with Crippen LogP contribution in [0.5, 0.6) is 0 Å². The molecule has 2 rings (SSSR count). The molecule has 2 aromatic heterocycles. The van der Waals surface area contributed by atoms with Gasteiger partial charge < -0.3 is 10.9 Å². The Morgan fingerprint density at radius 2 is 2.00 bits per heavy atom. The first-order valence-electron chi connectivity index (χ1n) is 4.81. The maximum absolute atomic E-state index is 8.52. The average Bonchev–Trinajstić information content (AvgIpc) is 2.40. The van der Waals surface area contributed by atoms with Crippen LogP contribution in [-0.2, 0) is 0 Å². The molecule has 2 heterocycles. The van der Waals surface area contributed by atoms with Crippen molar-refractivity contribution in [3.63, 3.8) is 0 Å². The number of hydrogen-bond donors (Lipinski definition) is 2. The molecular weight excluding hydrogens is 236 g/mol.